The van der Waals surface area contributed by atoms with E-state index in [0.29, 0.717) is 0 Å². The van der Waals surface area contributed by atoms with Crippen molar-refractivity contribution in [3.63, 3.8) is 0 Å². The predicted molar refractivity (Wildman–Crippen MR) is 77.3 cm³/mol. The number of nitrogens with one attached hydrogen (secondary N) is 1. The summed E-state index contributed by atoms with van der Waals surface area (Å²) < 4.78 is 0. The van der Waals surface area contributed by atoms with Crippen LogP contribution in [0, 0.1) is 19.8 Å². The highest BCUT2D eigenvalue weighted by Crippen LogP contribution is 2.28. The normalized spacial score (nSPS) is 23.7. The fourth-order valence-corrected chi connectivity index (χ4v) is 2.90. The molecule has 2 heteroatoms. The monoisotopic (exact) mass is 244 g/mol. The lowest BCUT2D eigenvalue weighted by Gasteiger charge is -2.21. The maximum absolute atomic E-state index is 3.67. The summed E-state index contributed by atoms with van der Waals surface area (Å²) in [6.07, 6.45) is 4.13. The summed E-state index contributed by atoms with van der Waals surface area (Å²) in [4.78, 5) is 2.57. The maximum atomic E-state index is 3.67. The fourth-order valence-electron chi connectivity index (χ4n) is 2.90. The minimum Gasteiger partial charge on any atom is -0.371 e. The number of hydrogen-bond acceptors (Lipinski definition) is 2. The van der Waals surface area contributed by atoms with Gasteiger partial charge in [-0.05, 0) is 62.8 Å². The number of hydrogen-bond donors (Lipinski definition) is 1. The molecule has 1 heterocycles. The molecular formula is C16H24N2. The van der Waals surface area contributed by atoms with Crippen molar-refractivity contribution in [2.75, 3.05) is 24.5 Å². The molecule has 2 aliphatic rings. The van der Waals surface area contributed by atoms with Gasteiger partial charge in [-0.15, -0.1) is 0 Å². The average molecular weight is 244 g/mol. The molecule has 3 rings (SSSR count). The van der Waals surface area contributed by atoms with Crippen LogP contribution in [0.2, 0.25) is 0 Å². The van der Waals surface area contributed by atoms with Gasteiger partial charge >= 0.3 is 0 Å². The van der Waals surface area contributed by atoms with Crippen molar-refractivity contribution in [3.05, 3.63) is 29.3 Å². The third-order valence-corrected chi connectivity index (χ3v) is 4.26. The van der Waals surface area contributed by atoms with Gasteiger partial charge in [0.25, 0.3) is 0 Å². The van der Waals surface area contributed by atoms with E-state index in [1.165, 1.54) is 55.7 Å². The second kappa shape index (κ2) is 4.93. The maximum Gasteiger partial charge on any atom is 0.0398 e. The van der Waals surface area contributed by atoms with Gasteiger partial charge in [0.1, 0.15) is 0 Å². The van der Waals surface area contributed by atoms with Crippen LogP contribution >= 0.6 is 0 Å². The van der Waals surface area contributed by atoms with Gasteiger partial charge in [-0.1, -0.05) is 12.1 Å². The lowest BCUT2D eigenvalue weighted by molar-refractivity contribution is 0.515. The Bertz CT molecular complexity index is 423. The summed E-state index contributed by atoms with van der Waals surface area (Å²) in [5.74, 6) is 0.838. The van der Waals surface area contributed by atoms with Crippen LogP contribution in [0.3, 0.4) is 0 Å². The Morgan fingerprint density at radius 1 is 1.22 bits per heavy atom. The quantitative estimate of drug-likeness (QED) is 0.876. The van der Waals surface area contributed by atoms with Crippen LogP contribution in [0.5, 0.6) is 0 Å². The Balaban J connectivity index is 1.61. The Morgan fingerprint density at radius 3 is 2.83 bits per heavy atom. The van der Waals surface area contributed by atoms with Crippen LogP contribution < -0.4 is 10.2 Å². The molecule has 1 saturated carbocycles. The average Bonchev–Trinajstić information content (AvgIpc) is 3.08. The molecule has 0 radical (unpaired) electrons. The van der Waals surface area contributed by atoms with Gasteiger partial charge in [-0.2, -0.15) is 0 Å². The zero-order valence-corrected chi connectivity index (χ0v) is 11.6. The lowest BCUT2D eigenvalue weighted by atomic mass is 10.1. The number of benzene rings is 1. The van der Waals surface area contributed by atoms with Crippen molar-refractivity contribution < 1.29 is 0 Å². The number of rotatable bonds is 4. The fraction of sp³-hybridized carbons (Fsp3) is 0.625. The molecule has 0 amide bonds. The molecule has 2 fully saturated rings. The van der Waals surface area contributed by atoms with Gasteiger partial charge in [0.15, 0.2) is 0 Å². The molecule has 1 atom stereocenters. The molecular weight excluding hydrogens is 220 g/mol. The Morgan fingerprint density at radius 2 is 2.06 bits per heavy atom. The molecule has 1 aromatic rings. The third-order valence-electron chi connectivity index (χ3n) is 4.26. The molecule has 0 spiro atoms. The molecule has 2 nitrogen and oxygen atoms in total. The van der Waals surface area contributed by atoms with E-state index in [-0.39, 0.29) is 0 Å². The van der Waals surface area contributed by atoms with Crippen molar-refractivity contribution in [2.45, 2.75) is 39.2 Å². The van der Waals surface area contributed by atoms with E-state index in [1.807, 2.05) is 0 Å². The van der Waals surface area contributed by atoms with E-state index in [4.69, 9.17) is 0 Å². The summed E-state index contributed by atoms with van der Waals surface area (Å²) in [5.41, 5.74) is 4.23. The van der Waals surface area contributed by atoms with Crippen LogP contribution in [0.1, 0.15) is 30.4 Å². The minimum absolute atomic E-state index is 0.838. The first kappa shape index (κ1) is 12.0. The van der Waals surface area contributed by atoms with E-state index in [1.54, 1.807) is 0 Å². The highest BCUT2D eigenvalue weighted by Gasteiger charge is 2.26. The first-order chi connectivity index (χ1) is 8.72. The molecule has 1 unspecified atom stereocenters. The van der Waals surface area contributed by atoms with Gasteiger partial charge < -0.3 is 10.2 Å². The summed E-state index contributed by atoms with van der Waals surface area (Å²) in [6.45, 7) is 8.08. The standard InChI is InChI=1S/C16H24N2/c1-12-3-4-13(2)16(9-12)18-8-7-14(11-18)10-17-15-5-6-15/h3-4,9,14-15,17H,5-8,10-11H2,1-2H3. The van der Waals surface area contributed by atoms with E-state index in [9.17, 15) is 0 Å². The van der Waals surface area contributed by atoms with E-state index in [2.05, 4.69) is 42.3 Å². The summed E-state index contributed by atoms with van der Waals surface area (Å²) >= 11 is 0. The Labute approximate surface area is 110 Å². The zero-order valence-electron chi connectivity index (χ0n) is 11.6. The van der Waals surface area contributed by atoms with Crippen molar-refractivity contribution in [1.82, 2.24) is 5.32 Å². The molecule has 0 aromatic heterocycles. The molecule has 1 saturated heterocycles. The smallest absolute Gasteiger partial charge is 0.0398 e. The molecule has 1 N–H and O–H groups in total. The van der Waals surface area contributed by atoms with Crippen molar-refractivity contribution in [3.8, 4) is 0 Å². The van der Waals surface area contributed by atoms with E-state index >= 15 is 0 Å². The highest BCUT2D eigenvalue weighted by atomic mass is 15.2. The van der Waals surface area contributed by atoms with Gasteiger partial charge in [0.05, 0.1) is 0 Å². The number of nitrogens with zero attached hydrogens (tertiary/aromatic N) is 1. The van der Waals surface area contributed by atoms with Crippen LogP contribution in [-0.4, -0.2) is 25.7 Å². The van der Waals surface area contributed by atoms with E-state index in [0.717, 1.165) is 12.0 Å². The SMILES string of the molecule is Cc1ccc(C)c(N2CCC(CNC3CC3)C2)c1. The molecule has 1 aliphatic heterocycles. The number of aryl methyl sites for hydroxylation is 2. The van der Waals surface area contributed by atoms with Crippen LogP contribution in [0.25, 0.3) is 0 Å². The van der Waals surface area contributed by atoms with Crippen molar-refractivity contribution in [2.24, 2.45) is 5.92 Å². The molecule has 1 aliphatic carbocycles. The highest BCUT2D eigenvalue weighted by molar-refractivity contribution is 5.55. The first-order valence-electron chi connectivity index (χ1n) is 7.28. The van der Waals surface area contributed by atoms with Gasteiger partial charge in [0, 0.05) is 24.8 Å². The Kier molecular flexibility index (Phi) is 3.29. The predicted octanol–water partition coefficient (Wildman–Crippen LogP) is 2.88. The van der Waals surface area contributed by atoms with Crippen LogP contribution in [0.15, 0.2) is 18.2 Å². The molecule has 0 bridgehead atoms. The topological polar surface area (TPSA) is 15.3 Å². The van der Waals surface area contributed by atoms with Gasteiger partial charge in [-0.3, -0.25) is 0 Å². The van der Waals surface area contributed by atoms with Crippen LogP contribution in [-0.2, 0) is 0 Å². The lowest BCUT2D eigenvalue weighted by Crippen LogP contribution is -2.27. The molecule has 18 heavy (non-hydrogen) atoms. The number of anilines is 1. The van der Waals surface area contributed by atoms with E-state index < -0.39 is 0 Å². The first-order valence-corrected chi connectivity index (χ1v) is 7.28. The summed E-state index contributed by atoms with van der Waals surface area (Å²) in [6, 6.07) is 7.65. The van der Waals surface area contributed by atoms with Crippen molar-refractivity contribution in [1.29, 1.82) is 0 Å². The second-order valence-electron chi connectivity index (χ2n) is 6.07. The molecule has 98 valence electrons. The summed E-state index contributed by atoms with van der Waals surface area (Å²) in [5, 5.41) is 3.67. The minimum atomic E-state index is 0.838. The van der Waals surface area contributed by atoms with Gasteiger partial charge in [-0.25, -0.2) is 0 Å². The third kappa shape index (κ3) is 2.69. The summed E-state index contributed by atoms with van der Waals surface area (Å²) in [7, 11) is 0. The Hall–Kier alpha value is -1.02. The molecule has 1 aromatic carbocycles. The van der Waals surface area contributed by atoms with Gasteiger partial charge in [0.2, 0.25) is 0 Å². The second-order valence-corrected chi connectivity index (χ2v) is 6.07. The zero-order chi connectivity index (χ0) is 12.5. The largest absolute Gasteiger partial charge is 0.371 e. The van der Waals surface area contributed by atoms with Crippen molar-refractivity contribution >= 4 is 5.69 Å². The van der Waals surface area contributed by atoms with Crippen LogP contribution in [0.4, 0.5) is 5.69 Å².